The van der Waals surface area contributed by atoms with Crippen molar-refractivity contribution in [1.82, 2.24) is 5.32 Å². The van der Waals surface area contributed by atoms with E-state index in [-0.39, 0.29) is 16.7 Å². The van der Waals surface area contributed by atoms with E-state index in [4.69, 9.17) is 0 Å². The highest BCUT2D eigenvalue weighted by Crippen LogP contribution is 2.16. The Morgan fingerprint density at radius 2 is 2.06 bits per heavy atom. The fourth-order valence-electron chi connectivity index (χ4n) is 2.22. The van der Waals surface area contributed by atoms with E-state index in [2.05, 4.69) is 5.32 Å². The molecule has 2 rings (SSSR count). The van der Waals surface area contributed by atoms with Gasteiger partial charge in [-0.05, 0) is 38.4 Å². The molecule has 5 heteroatoms. The summed E-state index contributed by atoms with van der Waals surface area (Å²) in [5, 5.41) is 13.1. The number of hydrogen-bond donors (Lipinski definition) is 2. The van der Waals surface area contributed by atoms with Gasteiger partial charge in [0.25, 0.3) is 0 Å². The molecule has 0 unspecified atom stereocenters. The largest absolute Gasteiger partial charge is 0.390 e. The third-order valence-corrected chi connectivity index (χ3v) is 5.10. The molecule has 0 spiro atoms. The van der Waals surface area contributed by atoms with Crippen LogP contribution in [0.2, 0.25) is 0 Å². The molecule has 1 heterocycles. The molecule has 1 aromatic carbocycles. The molecular formula is C13H19NO3S. The summed E-state index contributed by atoms with van der Waals surface area (Å²) in [5.41, 5.74) is 1.02. The Hall–Kier alpha value is -0.910. The van der Waals surface area contributed by atoms with E-state index in [9.17, 15) is 13.5 Å². The predicted octanol–water partition coefficient (Wildman–Crippen LogP) is 0.882. The SMILES string of the molecule is Cc1ccc(S(=O)(=O)C[C@@H](O)[C@@H]2CCCN2)cc1. The van der Waals surface area contributed by atoms with E-state index >= 15 is 0 Å². The zero-order chi connectivity index (χ0) is 13.2. The Bertz CT molecular complexity index is 489. The fourth-order valence-corrected chi connectivity index (χ4v) is 3.65. The van der Waals surface area contributed by atoms with Gasteiger partial charge >= 0.3 is 0 Å². The van der Waals surface area contributed by atoms with Crippen LogP contribution in [0.3, 0.4) is 0 Å². The lowest BCUT2D eigenvalue weighted by molar-refractivity contribution is 0.157. The molecule has 0 aromatic heterocycles. The highest BCUT2D eigenvalue weighted by Gasteiger charge is 2.28. The van der Waals surface area contributed by atoms with Crippen molar-refractivity contribution in [2.24, 2.45) is 0 Å². The van der Waals surface area contributed by atoms with Gasteiger partial charge in [-0.15, -0.1) is 0 Å². The van der Waals surface area contributed by atoms with Gasteiger partial charge in [-0.2, -0.15) is 0 Å². The van der Waals surface area contributed by atoms with Crippen molar-refractivity contribution in [1.29, 1.82) is 0 Å². The van der Waals surface area contributed by atoms with E-state index in [1.165, 1.54) is 0 Å². The van der Waals surface area contributed by atoms with E-state index in [0.29, 0.717) is 0 Å². The highest BCUT2D eigenvalue weighted by molar-refractivity contribution is 7.91. The Morgan fingerprint density at radius 3 is 2.61 bits per heavy atom. The number of rotatable bonds is 4. The summed E-state index contributed by atoms with van der Waals surface area (Å²) >= 11 is 0. The maximum absolute atomic E-state index is 12.1. The first-order valence-electron chi connectivity index (χ1n) is 6.20. The molecule has 0 aliphatic carbocycles. The number of aryl methyl sites for hydroxylation is 1. The van der Waals surface area contributed by atoms with Crippen LogP contribution in [0.5, 0.6) is 0 Å². The number of hydrogen-bond acceptors (Lipinski definition) is 4. The smallest absolute Gasteiger partial charge is 0.180 e. The summed E-state index contributed by atoms with van der Waals surface area (Å²) in [4.78, 5) is 0.283. The van der Waals surface area contributed by atoms with Gasteiger partial charge in [-0.3, -0.25) is 0 Å². The molecule has 1 aromatic rings. The molecule has 2 N–H and O–H groups in total. The molecule has 4 nitrogen and oxygen atoms in total. The Balaban J connectivity index is 2.09. The summed E-state index contributed by atoms with van der Waals surface area (Å²) in [6, 6.07) is 6.64. The van der Waals surface area contributed by atoms with Gasteiger partial charge in [0, 0.05) is 6.04 Å². The van der Waals surface area contributed by atoms with Crippen LogP contribution in [-0.2, 0) is 9.84 Å². The molecule has 0 radical (unpaired) electrons. The number of benzene rings is 1. The molecular weight excluding hydrogens is 250 g/mol. The average molecular weight is 269 g/mol. The Labute approximate surface area is 108 Å². The van der Waals surface area contributed by atoms with Crippen LogP contribution in [0.25, 0.3) is 0 Å². The van der Waals surface area contributed by atoms with Crippen molar-refractivity contribution in [3.63, 3.8) is 0 Å². The van der Waals surface area contributed by atoms with Crippen molar-refractivity contribution in [2.45, 2.75) is 36.8 Å². The molecule has 1 saturated heterocycles. The molecule has 18 heavy (non-hydrogen) atoms. The van der Waals surface area contributed by atoms with Crippen molar-refractivity contribution in [2.75, 3.05) is 12.3 Å². The summed E-state index contributed by atoms with van der Waals surface area (Å²) in [5.74, 6) is -0.215. The molecule has 0 saturated carbocycles. The average Bonchev–Trinajstić information content (AvgIpc) is 2.82. The monoisotopic (exact) mass is 269 g/mol. The van der Waals surface area contributed by atoms with Gasteiger partial charge in [-0.1, -0.05) is 17.7 Å². The van der Waals surface area contributed by atoms with Crippen LogP contribution >= 0.6 is 0 Å². The zero-order valence-corrected chi connectivity index (χ0v) is 11.3. The summed E-state index contributed by atoms with van der Waals surface area (Å²) < 4.78 is 24.2. The molecule has 100 valence electrons. The van der Waals surface area contributed by atoms with E-state index in [1.54, 1.807) is 24.3 Å². The first-order chi connectivity index (χ1) is 8.49. The van der Waals surface area contributed by atoms with Crippen molar-refractivity contribution >= 4 is 9.84 Å². The van der Waals surface area contributed by atoms with E-state index in [0.717, 1.165) is 24.9 Å². The standard InChI is InChI=1S/C13H19NO3S/c1-10-4-6-11(7-5-10)18(16,17)9-13(15)12-3-2-8-14-12/h4-7,12-15H,2-3,8-9H2,1H3/t12-,13+/m0/s1. The van der Waals surface area contributed by atoms with Crippen LogP contribution in [-0.4, -0.2) is 38.0 Å². The van der Waals surface area contributed by atoms with E-state index in [1.807, 2.05) is 6.92 Å². The van der Waals surface area contributed by atoms with Crippen LogP contribution in [0, 0.1) is 6.92 Å². The van der Waals surface area contributed by atoms with Crippen LogP contribution in [0.1, 0.15) is 18.4 Å². The molecule has 2 atom stereocenters. The molecule has 0 bridgehead atoms. The van der Waals surface area contributed by atoms with Crippen LogP contribution in [0.15, 0.2) is 29.2 Å². The van der Waals surface area contributed by atoms with Gasteiger partial charge < -0.3 is 10.4 Å². The van der Waals surface area contributed by atoms with Gasteiger partial charge in [-0.25, -0.2) is 8.42 Å². The molecule has 0 amide bonds. The normalized spacial score (nSPS) is 22.0. The molecule has 1 fully saturated rings. The summed E-state index contributed by atoms with van der Waals surface area (Å²) in [7, 11) is -3.40. The van der Waals surface area contributed by atoms with Gasteiger partial charge in [0.1, 0.15) is 0 Å². The minimum Gasteiger partial charge on any atom is -0.390 e. The third-order valence-electron chi connectivity index (χ3n) is 3.33. The summed E-state index contributed by atoms with van der Waals surface area (Å²) in [6.45, 7) is 2.76. The fraction of sp³-hybridized carbons (Fsp3) is 0.538. The lowest BCUT2D eigenvalue weighted by Gasteiger charge is -2.18. The highest BCUT2D eigenvalue weighted by atomic mass is 32.2. The van der Waals surface area contributed by atoms with Crippen LogP contribution < -0.4 is 5.32 Å². The van der Waals surface area contributed by atoms with Gasteiger partial charge in [0.05, 0.1) is 16.8 Å². The second kappa shape index (κ2) is 5.38. The first kappa shape index (κ1) is 13.5. The number of sulfone groups is 1. The minimum absolute atomic E-state index is 0.0924. The number of aliphatic hydroxyl groups excluding tert-OH is 1. The van der Waals surface area contributed by atoms with Gasteiger partial charge in [0.2, 0.25) is 0 Å². The number of nitrogens with one attached hydrogen (secondary N) is 1. The second-order valence-electron chi connectivity index (χ2n) is 4.86. The minimum atomic E-state index is -3.40. The maximum atomic E-state index is 12.1. The predicted molar refractivity (Wildman–Crippen MR) is 70.3 cm³/mol. The number of aliphatic hydroxyl groups is 1. The second-order valence-corrected chi connectivity index (χ2v) is 6.90. The lowest BCUT2D eigenvalue weighted by atomic mass is 10.1. The quantitative estimate of drug-likeness (QED) is 0.851. The molecule has 1 aliphatic rings. The van der Waals surface area contributed by atoms with E-state index < -0.39 is 15.9 Å². The summed E-state index contributed by atoms with van der Waals surface area (Å²) in [6.07, 6.45) is 0.996. The van der Waals surface area contributed by atoms with Crippen molar-refractivity contribution < 1.29 is 13.5 Å². The molecule has 1 aliphatic heterocycles. The third kappa shape index (κ3) is 3.10. The first-order valence-corrected chi connectivity index (χ1v) is 7.85. The Morgan fingerprint density at radius 1 is 1.39 bits per heavy atom. The topological polar surface area (TPSA) is 66.4 Å². The zero-order valence-electron chi connectivity index (χ0n) is 10.5. The van der Waals surface area contributed by atoms with Gasteiger partial charge in [0.15, 0.2) is 9.84 Å². The maximum Gasteiger partial charge on any atom is 0.180 e. The van der Waals surface area contributed by atoms with Crippen molar-refractivity contribution in [3.8, 4) is 0 Å². The van der Waals surface area contributed by atoms with Crippen molar-refractivity contribution in [3.05, 3.63) is 29.8 Å². The Kier molecular flexibility index (Phi) is 4.04. The van der Waals surface area contributed by atoms with Crippen LogP contribution in [0.4, 0.5) is 0 Å². The lowest BCUT2D eigenvalue weighted by Crippen LogP contribution is -2.39.